The number of fused-ring (bicyclic) bond motifs is 1. The van der Waals surface area contributed by atoms with Gasteiger partial charge in [-0.05, 0) is 37.6 Å². The monoisotopic (exact) mass is 370 g/mol. The van der Waals surface area contributed by atoms with Crippen molar-refractivity contribution in [1.29, 1.82) is 0 Å². The van der Waals surface area contributed by atoms with Crippen LogP contribution in [0.3, 0.4) is 0 Å². The van der Waals surface area contributed by atoms with E-state index in [-0.39, 0.29) is 18.1 Å². The second kappa shape index (κ2) is 7.78. The highest BCUT2D eigenvalue weighted by molar-refractivity contribution is 6.01. The molecule has 0 spiro atoms. The van der Waals surface area contributed by atoms with Gasteiger partial charge in [0.15, 0.2) is 11.5 Å². The molecular formula is C21H26N2O4. The summed E-state index contributed by atoms with van der Waals surface area (Å²) < 4.78 is 16.4. The van der Waals surface area contributed by atoms with Gasteiger partial charge in [0.2, 0.25) is 5.75 Å². The highest BCUT2D eigenvalue weighted by Gasteiger charge is 2.36. The van der Waals surface area contributed by atoms with E-state index in [1.165, 1.54) is 0 Å². The zero-order chi connectivity index (χ0) is 19.6. The summed E-state index contributed by atoms with van der Waals surface area (Å²) in [4.78, 5) is 15.1. The molecule has 1 aliphatic heterocycles. The number of methoxy groups -OCH3 is 3. The Balaban J connectivity index is 2.14. The maximum atomic E-state index is 13.2. The first-order valence-electron chi connectivity index (χ1n) is 9.03. The summed E-state index contributed by atoms with van der Waals surface area (Å²) in [7, 11) is 4.74. The molecule has 3 rings (SSSR count). The van der Waals surface area contributed by atoms with Crippen molar-refractivity contribution in [2.45, 2.75) is 32.5 Å². The van der Waals surface area contributed by atoms with Crippen molar-refractivity contribution in [2.75, 3.05) is 26.6 Å². The number of nitrogens with zero attached hydrogens (tertiary/aromatic N) is 1. The topological polar surface area (TPSA) is 60.0 Å². The fourth-order valence-corrected chi connectivity index (χ4v) is 3.42. The van der Waals surface area contributed by atoms with Crippen LogP contribution in [0.15, 0.2) is 36.4 Å². The van der Waals surface area contributed by atoms with Crippen LogP contribution in [-0.4, -0.2) is 38.2 Å². The summed E-state index contributed by atoms with van der Waals surface area (Å²) in [6.07, 6.45) is 0.507. The van der Waals surface area contributed by atoms with Crippen LogP contribution >= 0.6 is 0 Å². The van der Waals surface area contributed by atoms with Gasteiger partial charge in [-0.25, -0.2) is 0 Å². The van der Waals surface area contributed by atoms with Gasteiger partial charge in [0.25, 0.3) is 5.91 Å². The van der Waals surface area contributed by atoms with Gasteiger partial charge < -0.3 is 24.4 Å². The maximum absolute atomic E-state index is 13.2. The van der Waals surface area contributed by atoms with Crippen LogP contribution in [0.1, 0.15) is 42.4 Å². The standard InChI is InChI=1S/C21H26N2O4/c1-6-13(2)23-20(22-16-10-8-7-9-15(16)21(23)24)14-11-17(25-3)19(27-5)18(12-14)26-4/h7-13,20,22H,6H2,1-5H3/t13-,20+/m1/s1. The van der Waals surface area contributed by atoms with Gasteiger partial charge in [-0.3, -0.25) is 4.79 Å². The van der Waals surface area contributed by atoms with E-state index in [1.807, 2.05) is 41.3 Å². The number of benzene rings is 2. The van der Waals surface area contributed by atoms with Gasteiger partial charge in [0.1, 0.15) is 6.17 Å². The molecular weight excluding hydrogens is 344 g/mol. The van der Waals surface area contributed by atoms with Crippen LogP contribution in [0.5, 0.6) is 17.2 Å². The summed E-state index contributed by atoms with van der Waals surface area (Å²) in [5.74, 6) is 1.66. The summed E-state index contributed by atoms with van der Waals surface area (Å²) in [5.41, 5.74) is 2.37. The zero-order valence-corrected chi connectivity index (χ0v) is 16.4. The van der Waals surface area contributed by atoms with E-state index in [1.54, 1.807) is 21.3 Å². The Bertz CT molecular complexity index is 812. The molecule has 27 heavy (non-hydrogen) atoms. The summed E-state index contributed by atoms with van der Waals surface area (Å²) >= 11 is 0. The minimum absolute atomic E-state index is 0.0115. The van der Waals surface area contributed by atoms with Crippen molar-refractivity contribution >= 4 is 11.6 Å². The van der Waals surface area contributed by atoms with Gasteiger partial charge in [-0.15, -0.1) is 0 Å². The normalized spacial score (nSPS) is 17.0. The van der Waals surface area contributed by atoms with E-state index in [4.69, 9.17) is 14.2 Å². The number of hydrogen-bond acceptors (Lipinski definition) is 5. The number of amides is 1. The fourth-order valence-electron chi connectivity index (χ4n) is 3.42. The van der Waals surface area contributed by atoms with Crippen LogP contribution in [0, 0.1) is 0 Å². The number of anilines is 1. The quantitative estimate of drug-likeness (QED) is 0.830. The number of carbonyl (C=O) groups excluding carboxylic acids is 1. The lowest BCUT2D eigenvalue weighted by molar-refractivity contribution is 0.0593. The van der Waals surface area contributed by atoms with E-state index in [0.717, 1.165) is 17.7 Å². The predicted octanol–water partition coefficient (Wildman–Crippen LogP) is 4.08. The molecule has 6 heteroatoms. The third-order valence-electron chi connectivity index (χ3n) is 5.03. The lowest BCUT2D eigenvalue weighted by Crippen LogP contribution is -2.47. The molecule has 0 saturated heterocycles. The Kier molecular flexibility index (Phi) is 5.44. The second-order valence-electron chi connectivity index (χ2n) is 6.52. The number of rotatable bonds is 6. The van der Waals surface area contributed by atoms with Crippen LogP contribution in [-0.2, 0) is 0 Å². The second-order valence-corrected chi connectivity index (χ2v) is 6.52. The molecule has 1 aliphatic rings. The van der Waals surface area contributed by atoms with E-state index < -0.39 is 0 Å². The Labute approximate surface area is 160 Å². The van der Waals surface area contributed by atoms with Crippen LogP contribution < -0.4 is 19.5 Å². The Morgan fingerprint density at radius 1 is 1.07 bits per heavy atom. The minimum Gasteiger partial charge on any atom is -0.493 e. The molecule has 1 N–H and O–H groups in total. The molecule has 144 valence electrons. The van der Waals surface area contributed by atoms with Gasteiger partial charge in [0, 0.05) is 17.3 Å². The lowest BCUT2D eigenvalue weighted by atomic mass is 10.00. The van der Waals surface area contributed by atoms with Crippen molar-refractivity contribution in [3.8, 4) is 17.2 Å². The largest absolute Gasteiger partial charge is 0.493 e. The van der Waals surface area contributed by atoms with E-state index in [9.17, 15) is 4.79 Å². The molecule has 0 fully saturated rings. The highest BCUT2D eigenvalue weighted by atomic mass is 16.5. The number of nitrogens with one attached hydrogen (secondary N) is 1. The summed E-state index contributed by atoms with van der Waals surface area (Å²) in [5, 5.41) is 3.50. The van der Waals surface area contributed by atoms with E-state index in [0.29, 0.717) is 22.8 Å². The molecule has 0 aromatic heterocycles. The number of hydrogen-bond donors (Lipinski definition) is 1. The van der Waals surface area contributed by atoms with Gasteiger partial charge in [-0.2, -0.15) is 0 Å². The van der Waals surface area contributed by atoms with Crippen molar-refractivity contribution in [1.82, 2.24) is 4.90 Å². The molecule has 1 amide bonds. The lowest BCUT2D eigenvalue weighted by Gasteiger charge is -2.41. The van der Waals surface area contributed by atoms with E-state index in [2.05, 4.69) is 19.2 Å². The number of carbonyl (C=O) groups is 1. The third-order valence-corrected chi connectivity index (χ3v) is 5.03. The summed E-state index contributed by atoms with van der Waals surface area (Å²) in [6.45, 7) is 4.13. The van der Waals surface area contributed by atoms with Gasteiger partial charge in [0.05, 0.1) is 26.9 Å². The number of para-hydroxylation sites is 1. The zero-order valence-electron chi connectivity index (χ0n) is 16.4. The molecule has 0 unspecified atom stereocenters. The van der Waals surface area contributed by atoms with Crippen LogP contribution in [0.4, 0.5) is 5.69 Å². The van der Waals surface area contributed by atoms with Gasteiger partial charge >= 0.3 is 0 Å². The Morgan fingerprint density at radius 2 is 1.70 bits per heavy atom. The van der Waals surface area contributed by atoms with Crippen molar-refractivity contribution in [3.63, 3.8) is 0 Å². The third kappa shape index (κ3) is 3.27. The first-order chi connectivity index (χ1) is 13.0. The van der Waals surface area contributed by atoms with Crippen molar-refractivity contribution < 1.29 is 19.0 Å². The highest BCUT2D eigenvalue weighted by Crippen LogP contribution is 2.43. The number of ether oxygens (including phenoxy) is 3. The Hall–Kier alpha value is -2.89. The molecule has 6 nitrogen and oxygen atoms in total. The average molecular weight is 370 g/mol. The molecule has 0 saturated carbocycles. The molecule has 2 aromatic carbocycles. The maximum Gasteiger partial charge on any atom is 0.258 e. The average Bonchev–Trinajstić information content (AvgIpc) is 2.71. The molecule has 0 aliphatic carbocycles. The predicted molar refractivity (Wildman–Crippen MR) is 105 cm³/mol. The van der Waals surface area contributed by atoms with Crippen molar-refractivity contribution in [2.24, 2.45) is 0 Å². The van der Waals surface area contributed by atoms with Gasteiger partial charge in [-0.1, -0.05) is 19.1 Å². The first-order valence-corrected chi connectivity index (χ1v) is 9.03. The smallest absolute Gasteiger partial charge is 0.258 e. The first kappa shape index (κ1) is 18.9. The Morgan fingerprint density at radius 3 is 2.26 bits per heavy atom. The van der Waals surface area contributed by atoms with Crippen LogP contribution in [0.2, 0.25) is 0 Å². The molecule has 1 heterocycles. The van der Waals surface area contributed by atoms with Crippen LogP contribution in [0.25, 0.3) is 0 Å². The SMILES string of the molecule is CC[C@@H](C)N1C(=O)c2ccccc2N[C@@H]1c1cc(OC)c(OC)c(OC)c1. The fraction of sp³-hybridized carbons (Fsp3) is 0.381. The molecule has 2 aromatic rings. The molecule has 0 bridgehead atoms. The molecule has 2 atom stereocenters. The van der Waals surface area contributed by atoms with E-state index >= 15 is 0 Å². The summed E-state index contributed by atoms with van der Waals surface area (Å²) in [6, 6.07) is 11.4. The van der Waals surface area contributed by atoms with Crippen molar-refractivity contribution in [3.05, 3.63) is 47.5 Å². The minimum atomic E-state index is -0.337. The molecule has 0 radical (unpaired) electrons.